The molecule has 55 heavy (non-hydrogen) atoms. The molecule has 7 aromatic rings. The Labute approximate surface area is 326 Å². The molecule has 3 heteroatoms. The van der Waals surface area contributed by atoms with Gasteiger partial charge in [-0.3, -0.25) is 0 Å². The van der Waals surface area contributed by atoms with Gasteiger partial charge in [-0.2, -0.15) is 0 Å². The predicted octanol–water partition coefficient (Wildman–Crippen LogP) is 14.7. The number of anilines is 3. The normalized spacial score (nSPS) is 14.2. The van der Waals surface area contributed by atoms with Gasteiger partial charge in [-0.1, -0.05) is 123 Å². The van der Waals surface area contributed by atoms with Crippen LogP contribution in [0.1, 0.15) is 63.5 Å². The predicted molar refractivity (Wildman–Crippen MR) is 235 cm³/mol. The third kappa shape index (κ3) is 7.53. The Bertz CT molecular complexity index is 2470. The Kier molecular flexibility index (Phi) is 10.8. The van der Waals surface area contributed by atoms with Crippen molar-refractivity contribution in [2.24, 2.45) is 0 Å². The van der Waals surface area contributed by atoms with Crippen molar-refractivity contribution >= 4 is 44.6 Å². The average molecular weight is 719 g/mol. The maximum atomic E-state index is 6.54. The first-order valence-electron chi connectivity index (χ1n) is 20.0. The lowest BCUT2D eigenvalue weighted by molar-refractivity contribution is 0.668. The fraction of sp³-hybridized carbons (Fsp3) is 0.192. The first-order chi connectivity index (χ1) is 27.2. The molecule has 9 rings (SSSR count). The van der Waals surface area contributed by atoms with Gasteiger partial charge in [0, 0.05) is 52.7 Å². The van der Waals surface area contributed by atoms with Gasteiger partial charge in [-0.15, -0.1) is 0 Å². The highest BCUT2D eigenvalue weighted by Gasteiger charge is 2.23. The molecule has 2 aliphatic rings. The van der Waals surface area contributed by atoms with Crippen LogP contribution in [0.3, 0.4) is 0 Å². The summed E-state index contributed by atoms with van der Waals surface area (Å²) in [7, 11) is 2.23. The second-order valence-corrected chi connectivity index (χ2v) is 14.3. The highest BCUT2D eigenvalue weighted by atomic mass is 16.3. The van der Waals surface area contributed by atoms with Crippen LogP contribution >= 0.6 is 0 Å². The summed E-state index contributed by atoms with van der Waals surface area (Å²) in [6.45, 7) is 4.70. The highest BCUT2D eigenvalue weighted by molar-refractivity contribution is 6.08. The van der Waals surface area contributed by atoms with Crippen LogP contribution < -0.4 is 9.80 Å². The number of fused-ring (bicyclic) bond motifs is 3. The van der Waals surface area contributed by atoms with E-state index in [0.717, 1.165) is 40.8 Å². The van der Waals surface area contributed by atoms with Gasteiger partial charge in [0.25, 0.3) is 0 Å². The molecule has 0 saturated heterocycles. The van der Waals surface area contributed by atoms with E-state index in [4.69, 9.17) is 4.42 Å². The molecule has 0 atom stereocenters. The van der Waals surface area contributed by atoms with E-state index in [1.807, 2.05) is 13.8 Å². The van der Waals surface area contributed by atoms with Gasteiger partial charge in [0.2, 0.25) is 0 Å². The van der Waals surface area contributed by atoms with Crippen LogP contribution in [0.5, 0.6) is 0 Å². The van der Waals surface area contributed by atoms with E-state index in [-0.39, 0.29) is 0 Å². The lowest BCUT2D eigenvalue weighted by atomic mass is 9.84. The molecular weight excluding hydrogens is 669 g/mol. The molecule has 0 amide bonds. The first kappa shape index (κ1) is 35.9. The van der Waals surface area contributed by atoms with Gasteiger partial charge in [0.1, 0.15) is 11.2 Å². The van der Waals surface area contributed by atoms with Crippen molar-refractivity contribution in [3.05, 3.63) is 192 Å². The van der Waals surface area contributed by atoms with Crippen LogP contribution in [-0.4, -0.2) is 7.05 Å². The van der Waals surface area contributed by atoms with Crippen LogP contribution in [-0.2, 0) is 6.54 Å². The Morgan fingerprint density at radius 3 is 1.91 bits per heavy atom. The van der Waals surface area contributed by atoms with Crippen LogP contribution in [0.2, 0.25) is 0 Å². The first-order valence-corrected chi connectivity index (χ1v) is 20.0. The molecule has 0 fully saturated rings. The monoisotopic (exact) mass is 718 g/mol. The molecule has 2 aliphatic carbocycles. The van der Waals surface area contributed by atoms with Gasteiger partial charge in [-0.25, -0.2) is 0 Å². The van der Waals surface area contributed by atoms with E-state index in [1.54, 1.807) is 5.57 Å². The van der Waals surface area contributed by atoms with E-state index in [9.17, 15) is 0 Å². The molecule has 0 bridgehead atoms. The second-order valence-electron chi connectivity index (χ2n) is 14.3. The Morgan fingerprint density at radius 2 is 1.20 bits per heavy atom. The summed E-state index contributed by atoms with van der Waals surface area (Å²) in [5, 5.41) is 2.32. The van der Waals surface area contributed by atoms with Crippen LogP contribution in [0, 0.1) is 0 Å². The van der Waals surface area contributed by atoms with Gasteiger partial charge in [0.15, 0.2) is 0 Å². The van der Waals surface area contributed by atoms with E-state index < -0.39 is 0 Å². The molecule has 6 aromatic carbocycles. The number of hydrogen-bond donors (Lipinski definition) is 0. The standard InChI is InChI=1S/C50H44N2O.C2H6/c1-51(47-31-27-40(37-17-8-3-9-18-37)33-45(47)39-19-10-4-11-20-39)44-30-32-48-46(34-44)50-41(21-14-24-49(50)53-48)35-52(42-22-12-5-13-23-42)43-28-25-38(26-29-43)36-15-6-2-7-16-36;1-2/h2,4-7,10-17,19-26,28-30,32-34H,3,8-9,18,27,31,35H2,1H3;1-2H3. The van der Waals surface area contributed by atoms with E-state index >= 15 is 0 Å². The van der Waals surface area contributed by atoms with Crippen molar-refractivity contribution in [1.82, 2.24) is 0 Å². The van der Waals surface area contributed by atoms with E-state index in [0.29, 0.717) is 6.54 Å². The molecule has 0 N–H and O–H groups in total. The molecule has 274 valence electrons. The van der Waals surface area contributed by atoms with Gasteiger partial charge < -0.3 is 14.2 Å². The van der Waals surface area contributed by atoms with Crippen molar-refractivity contribution in [3.63, 3.8) is 0 Å². The van der Waals surface area contributed by atoms with Crippen LogP contribution in [0.15, 0.2) is 185 Å². The molecule has 0 saturated carbocycles. The zero-order chi connectivity index (χ0) is 37.6. The number of rotatable bonds is 9. The Balaban J connectivity index is 0.00000210. The van der Waals surface area contributed by atoms with E-state index in [2.05, 4.69) is 181 Å². The summed E-state index contributed by atoms with van der Waals surface area (Å²) in [5.41, 5.74) is 16.0. The molecular formula is C52H50N2O. The van der Waals surface area contributed by atoms with Crippen molar-refractivity contribution in [2.75, 3.05) is 16.8 Å². The fourth-order valence-electron chi connectivity index (χ4n) is 8.28. The number of furan rings is 1. The minimum atomic E-state index is 0.702. The zero-order valence-corrected chi connectivity index (χ0v) is 32.3. The number of nitrogens with zero attached hydrogens (tertiary/aromatic N) is 2. The van der Waals surface area contributed by atoms with Gasteiger partial charge in [0.05, 0.1) is 0 Å². The number of hydrogen-bond acceptors (Lipinski definition) is 3. The largest absolute Gasteiger partial charge is 0.456 e. The maximum Gasteiger partial charge on any atom is 0.135 e. The molecule has 1 heterocycles. The quantitative estimate of drug-likeness (QED) is 0.148. The molecule has 0 spiro atoms. The Hall–Kier alpha value is -6.06. The highest BCUT2D eigenvalue weighted by Crippen LogP contribution is 2.41. The van der Waals surface area contributed by atoms with Crippen molar-refractivity contribution in [3.8, 4) is 11.1 Å². The summed E-state index contributed by atoms with van der Waals surface area (Å²) in [6.07, 6.45) is 12.1. The number of allylic oxidation sites excluding steroid dienone is 6. The summed E-state index contributed by atoms with van der Waals surface area (Å²) in [5.74, 6) is 0. The lowest BCUT2D eigenvalue weighted by Gasteiger charge is -2.30. The topological polar surface area (TPSA) is 19.6 Å². The van der Waals surface area contributed by atoms with Crippen LogP contribution in [0.4, 0.5) is 17.1 Å². The SMILES string of the molecule is CC.CN(C1=C(c2ccccc2)C=C(C2=CCCCC2)CC1)c1ccc2oc3cccc(CN(c4ccccc4)c4ccc(-c5ccccc5)cc4)c3c2c1. The van der Waals surface area contributed by atoms with Gasteiger partial charge in [-0.05, 0) is 127 Å². The number of benzene rings is 6. The maximum absolute atomic E-state index is 6.54. The van der Waals surface area contributed by atoms with Crippen molar-refractivity contribution in [2.45, 2.75) is 58.9 Å². The van der Waals surface area contributed by atoms with Crippen LogP contribution in [0.25, 0.3) is 38.6 Å². The lowest BCUT2D eigenvalue weighted by Crippen LogP contribution is -2.20. The van der Waals surface area contributed by atoms with E-state index in [1.165, 1.54) is 75.9 Å². The summed E-state index contributed by atoms with van der Waals surface area (Å²) >= 11 is 0. The summed E-state index contributed by atoms with van der Waals surface area (Å²) in [4.78, 5) is 4.82. The third-order valence-corrected chi connectivity index (χ3v) is 11.1. The molecule has 0 aliphatic heterocycles. The molecule has 3 nitrogen and oxygen atoms in total. The van der Waals surface area contributed by atoms with Crippen molar-refractivity contribution < 1.29 is 4.42 Å². The average Bonchev–Trinajstić information content (AvgIpc) is 3.66. The summed E-state index contributed by atoms with van der Waals surface area (Å²) in [6, 6.07) is 54.3. The molecule has 0 radical (unpaired) electrons. The molecule has 1 aromatic heterocycles. The minimum Gasteiger partial charge on any atom is -0.456 e. The summed E-state index contributed by atoms with van der Waals surface area (Å²) < 4.78 is 6.54. The van der Waals surface area contributed by atoms with Gasteiger partial charge >= 0.3 is 0 Å². The minimum absolute atomic E-state index is 0.702. The third-order valence-electron chi connectivity index (χ3n) is 11.1. The fourth-order valence-corrected chi connectivity index (χ4v) is 8.28. The van der Waals surface area contributed by atoms with Crippen molar-refractivity contribution in [1.29, 1.82) is 0 Å². The zero-order valence-electron chi connectivity index (χ0n) is 32.3. The molecule has 0 unspecified atom stereocenters. The smallest absolute Gasteiger partial charge is 0.135 e. The Morgan fingerprint density at radius 1 is 0.545 bits per heavy atom. The second kappa shape index (κ2) is 16.5. The number of para-hydroxylation sites is 1.